The van der Waals surface area contributed by atoms with Gasteiger partial charge in [-0.15, -0.1) is 0 Å². The highest BCUT2D eigenvalue weighted by molar-refractivity contribution is 6.36. The van der Waals surface area contributed by atoms with Crippen molar-refractivity contribution in [1.82, 2.24) is 14.7 Å². The number of rotatable bonds is 6. The highest BCUT2D eigenvalue weighted by Gasteiger charge is 2.36. The molecule has 3 saturated heterocycles. The third kappa shape index (κ3) is 5.85. The number of carbonyl (C=O) groups is 2. The molecule has 3 aliphatic rings. The van der Waals surface area contributed by atoms with Crippen LogP contribution in [0.2, 0.25) is 10.0 Å². The molecule has 0 N–H and O–H groups in total. The molecule has 2 aromatic rings. The van der Waals surface area contributed by atoms with E-state index in [-0.39, 0.29) is 17.9 Å². The van der Waals surface area contributed by atoms with Crippen molar-refractivity contribution in [3.05, 3.63) is 57.6 Å². The van der Waals surface area contributed by atoms with Gasteiger partial charge < -0.3 is 9.80 Å². The topological polar surface area (TPSA) is 43.9 Å². The summed E-state index contributed by atoms with van der Waals surface area (Å²) in [5, 5.41) is 1.01. The highest BCUT2D eigenvalue weighted by Crippen LogP contribution is 2.34. The lowest BCUT2D eigenvalue weighted by atomic mass is 9.96. The van der Waals surface area contributed by atoms with Gasteiger partial charge in [0.25, 0.3) is 5.91 Å². The lowest BCUT2D eigenvalue weighted by molar-refractivity contribution is -0.132. The van der Waals surface area contributed by atoms with Crippen molar-refractivity contribution >= 4 is 35.0 Å². The molecule has 9 heteroatoms. The first kappa shape index (κ1) is 27.4. The third-order valence-electron chi connectivity index (χ3n) is 8.24. The van der Waals surface area contributed by atoms with E-state index in [9.17, 15) is 18.4 Å². The molecule has 0 bridgehead atoms. The van der Waals surface area contributed by atoms with Crippen LogP contribution in [0, 0.1) is 5.92 Å². The van der Waals surface area contributed by atoms with Gasteiger partial charge in [0.15, 0.2) is 0 Å². The minimum atomic E-state index is -2.33. The number of hydrogen-bond donors (Lipinski definition) is 0. The van der Waals surface area contributed by atoms with Crippen LogP contribution in [-0.4, -0.2) is 71.7 Å². The molecule has 0 aromatic heterocycles. The number of alkyl halides is 2. The van der Waals surface area contributed by atoms with Gasteiger partial charge in [-0.05, 0) is 80.6 Å². The van der Waals surface area contributed by atoms with Gasteiger partial charge in [-0.3, -0.25) is 14.5 Å². The Bertz CT molecular complexity index is 1140. The van der Waals surface area contributed by atoms with Crippen LogP contribution in [0.5, 0.6) is 0 Å². The Labute approximate surface area is 232 Å². The quantitative estimate of drug-likeness (QED) is 0.410. The fourth-order valence-corrected chi connectivity index (χ4v) is 6.51. The number of hydrogen-bond acceptors (Lipinski definition) is 3. The van der Waals surface area contributed by atoms with Crippen molar-refractivity contribution in [3.63, 3.8) is 0 Å². The Morgan fingerprint density at radius 3 is 2.11 bits per heavy atom. The minimum Gasteiger partial charge on any atom is -0.339 e. The van der Waals surface area contributed by atoms with Crippen LogP contribution in [0.3, 0.4) is 0 Å². The Hall–Kier alpha value is -2.22. The van der Waals surface area contributed by atoms with Gasteiger partial charge in [0.1, 0.15) is 0 Å². The number of carbonyl (C=O) groups excluding carboxylic acids is 2. The lowest BCUT2D eigenvalue weighted by Crippen LogP contribution is -2.44. The van der Waals surface area contributed by atoms with Crippen LogP contribution in [0.1, 0.15) is 54.4 Å². The first-order chi connectivity index (χ1) is 18.3. The van der Waals surface area contributed by atoms with E-state index in [2.05, 4.69) is 4.90 Å². The van der Waals surface area contributed by atoms with E-state index in [1.807, 2.05) is 29.2 Å². The average Bonchev–Trinajstić information content (AvgIpc) is 3.30. The van der Waals surface area contributed by atoms with E-state index in [1.54, 1.807) is 17.0 Å². The van der Waals surface area contributed by atoms with E-state index in [0.29, 0.717) is 54.6 Å². The summed E-state index contributed by atoms with van der Waals surface area (Å²) in [7, 11) is 0. The Balaban J connectivity index is 1.24. The molecule has 3 aliphatic heterocycles. The summed E-state index contributed by atoms with van der Waals surface area (Å²) in [5.41, 5.74) is 2.94. The van der Waals surface area contributed by atoms with E-state index < -0.39 is 12.3 Å². The molecule has 1 unspecified atom stereocenters. The molecule has 5 nitrogen and oxygen atoms in total. The molecule has 204 valence electrons. The van der Waals surface area contributed by atoms with Crippen molar-refractivity contribution in [2.75, 3.05) is 32.7 Å². The van der Waals surface area contributed by atoms with Crippen LogP contribution in [0.15, 0.2) is 36.4 Å². The maximum Gasteiger partial charge on any atom is 0.253 e. The number of halogens is 4. The molecule has 0 radical (unpaired) electrons. The lowest BCUT2D eigenvalue weighted by Gasteiger charge is -2.31. The van der Waals surface area contributed by atoms with Crippen LogP contribution >= 0.6 is 23.2 Å². The van der Waals surface area contributed by atoms with Crippen LogP contribution in [0.4, 0.5) is 8.78 Å². The van der Waals surface area contributed by atoms with Crippen LogP contribution in [-0.2, 0) is 11.3 Å². The Morgan fingerprint density at radius 2 is 1.50 bits per heavy atom. The van der Waals surface area contributed by atoms with Crippen molar-refractivity contribution < 1.29 is 18.4 Å². The average molecular weight is 565 g/mol. The molecular formula is C29H33Cl2F2N3O2. The number of benzene rings is 2. The van der Waals surface area contributed by atoms with Crippen LogP contribution < -0.4 is 0 Å². The number of piperidine rings is 2. The summed E-state index contributed by atoms with van der Waals surface area (Å²) in [6.45, 7) is 3.76. The van der Waals surface area contributed by atoms with Gasteiger partial charge in [-0.2, -0.15) is 0 Å². The fraction of sp³-hybridized carbons (Fsp3) is 0.517. The summed E-state index contributed by atoms with van der Waals surface area (Å²) in [5.74, 6) is -0.616. The van der Waals surface area contributed by atoms with Gasteiger partial charge in [0.2, 0.25) is 12.3 Å². The summed E-state index contributed by atoms with van der Waals surface area (Å²) in [6.07, 6.45) is 2.70. The standard InChI is InChI=1S/C29H33Cl2F2N3O2/c30-24-16-22(19-4-6-21(7-5-19)28(37)35-13-8-20(9-14-35)27(32)33)17-25(31)23(24)18-36-15-10-26(29(36)38)34-11-2-1-3-12-34/h4-7,16-17,20,26-27H,1-3,8-15,18H2. The molecule has 5 rings (SSSR count). The molecule has 1 atom stereocenters. The fourth-order valence-electron chi connectivity index (χ4n) is 5.90. The van der Waals surface area contributed by atoms with Crippen molar-refractivity contribution in [2.24, 2.45) is 5.92 Å². The predicted octanol–water partition coefficient (Wildman–Crippen LogP) is 6.36. The number of nitrogens with zero attached hydrogens (tertiary/aromatic N) is 3. The molecule has 2 amide bonds. The molecule has 0 saturated carbocycles. The normalized spacial score (nSPS) is 21.5. The summed E-state index contributed by atoms with van der Waals surface area (Å²) < 4.78 is 25.8. The monoisotopic (exact) mass is 563 g/mol. The smallest absolute Gasteiger partial charge is 0.253 e. The third-order valence-corrected chi connectivity index (χ3v) is 8.91. The molecule has 3 fully saturated rings. The number of likely N-dealkylation sites (tertiary alicyclic amines) is 3. The van der Waals surface area contributed by atoms with Crippen molar-refractivity contribution in [3.8, 4) is 11.1 Å². The highest BCUT2D eigenvalue weighted by atomic mass is 35.5. The molecule has 0 aliphatic carbocycles. The van der Waals surface area contributed by atoms with E-state index in [1.165, 1.54) is 6.42 Å². The Kier molecular flexibility index (Phi) is 8.56. The van der Waals surface area contributed by atoms with Crippen molar-refractivity contribution in [2.45, 2.75) is 57.5 Å². The molecule has 0 spiro atoms. The maximum absolute atomic E-state index is 13.1. The zero-order valence-corrected chi connectivity index (χ0v) is 22.9. The SMILES string of the molecule is O=C(c1ccc(-c2cc(Cl)c(CN3CCC(N4CCCCC4)C3=O)c(Cl)c2)cc1)N1CCC(C(F)F)CC1. The molecule has 2 aromatic carbocycles. The maximum atomic E-state index is 13.1. The zero-order chi connectivity index (χ0) is 26.8. The first-order valence-corrected chi connectivity index (χ1v) is 14.3. The van der Waals surface area contributed by atoms with E-state index in [0.717, 1.165) is 49.0 Å². The van der Waals surface area contributed by atoms with Gasteiger partial charge in [-0.25, -0.2) is 8.78 Å². The second-order valence-corrected chi connectivity index (χ2v) is 11.4. The second kappa shape index (κ2) is 11.9. The van der Waals surface area contributed by atoms with Crippen molar-refractivity contribution in [1.29, 1.82) is 0 Å². The Morgan fingerprint density at radius 1 is 0.868 bits per heavy atom. The van der Waals surface area contributed by atoms with Gasteiger partial charge in [0.05, 0.1) is 6.04 Å². The summed E-state index contributed by atoms with van der Waals surface area (Å²) in [6, 6.07) is 10.8. The minimum absolute atomic E-state index is 0.0379. The van der Waals surface area contributed by atoms with Crippen LogP contribution in [0.25, 0.3) is 11.1 Å². The molecule has 3 heterocycles. The molecular weight excluding hydrogens is 531 g/mol. The number of amides is 2. The zero-order valence-electron chi connectivity index (χ0n) is 21.4. The van der Waals surface area contributed by atoms with Gasteiger partial charge in [0, 0.05) is 53.3 Å². The molecule has 38 heavy (non-hydrogen) atoms. The predicted molar refractivity (Wildman–Crippen MR) is 146 cm³/mol. The second-order valence-electron chi connectivity index (χ2n) is 10.6. The summed E-state index contributed by atoms with van der Waals surface area (Å²) in [4.78, 5) is 31.8. The van der Waals surface area contributed by atoms with E-state index >= 15 is 0 Å². The first-order valence-electron chi connectivity index (χ1n) is 13.5. The summed E-state index contributed by atoms with van der Waals surface area (Å²) >= 11 is 13.3. The van der Waals surface area contributed by atoms with Gasteiger partial charge >= 0.3 is 0 Å². The van der Waals surface area contributed by atoms with Gasteiger partial charge in [-0.1, -0.05) is 41.8 Å². The largest absolute Gasteiger partial charge is 0.339 e. The van der Waals surface area contributed by atoms with E-state index in [4.69, 9.17) is 23.2 Å².